The molecule has 0 radical (unpaired) electrons. The molecule has 1 aliphatic heterocycles. The van der Waals surface area contributed by atoms with Gasteiger partial charge in [-0.25, -0.2) is 0 Å². The Labute approximate surface area is 153 Å². The fourth-order valence-corrected chi connectivity index (χ4v) is 3.52. The third kappa shape index (κ3) is 3.77. The summed E-state index contributed by atoms with van der Waals surface area (Å²) in [5.41, 5.74) is 1.78. The average molecular weight is 349 g/mol. The third-order valence-electron chi connectivity index (χ3n) is 5.16. The van der Waals surface area contributed by atoms with Crippen LogP contribution in [0.25, 0.3) is 0 Å². The molecule has 1 N–H and O–H groups in total. The number of likely N-dealkylation sites (tertiary alicyclic amines) is 1. The van der Waals surface area contributed by atoms with Gasteiger partial charge in [-0.2, -0.15) is 0 Å². The first kappa shape index (κ1) is 16.8. The van der Waals surface area contributed by atoms with Crippen LogP contribution in [0.15, 0.2) is 54.7 Å². The molecule has 2 aromatic rings. The summed E-state index contributed by atoms with van der Waals surface area (Å²) in [6, 6.07) is 15.2. The molecule has 5 nitrogen and oxygen atoms in total. The molecular formula is C21H23N3O2. The van der Waals surface area contributed by atoms with Gasteiger partial charge < -0.3 is 10.2 Å². The minimum atomic E-state index is -0.308. The fraction of sp³-hybridized carbons (Fsp3) is 0.381. The maximum atomic E-state index is 12.9. The molecule has 4 rings (SSSR count). The molecule has 1 saturated heterocycles. The first-order valence-corrected chi connectivity index (χ1v) is 9.24. The Morgan fingerprint density at radius 3 is 2.62 bits per heavy atom. The average Bonchev–Trinajstić information content (AvgIpc) is 3.42. The van der Waals surface area contributed by atoms with Gasteiger partial charge in [0, 0.05) is 25.7 Å². The van der Waals surface area contributed by atoms with Crippen molar-refractivity contribution < 1.29 is 9.59 Å². The van der Waals surface area contributed by atoms with Crippen molar-refractivity contribution in [3.8, 4) is 0 Å². The number of rotatable bonds is 6. The lowest BCUT2D eigenvalue weighted by molar-refractivity contribution is -0.129. The molecule has 26 heavy (non-hydrogen) atoms. The van der Waals surface area contributed by atoms with Crippen LogP contribution >= 0.6 is 0 Å². The number of hydrogen-bond acceptors (Lipinski definition) is 3. The van der Waals surface area contributed by atoms with Crippen LogP contribution in [0.1, 0.15) is 36.6 Å². The van der Waals surface area contributed by atoms with Gasteiger partial charge in [0.25, 0.3) is 0 Å². The number of nitrogens with zero attached hydrogens (tertiary/aromatic N) is 2. The topological polar surface area (TPSA) is 62.3 Å². The zero-order valence-corrected chi connectivity index (χ0v) is 14.7. The van der Waals surface area contributed by atoms with E-state index in [4.69, 9.17) is 0 Å². The maximum Gasteiger partial charge on any atom is 0.226 e. The number of aromatic nitrogens is 1. The van der Waals surface area contributed by atoms with Crippen LogP contribution < -0.4 is 5.32 Å². The normalized spacial score (nSPS) is 20.8. The highest BCUT2D eigenvalue weighted by Gasteiger charge is 2.37. The van der Waals surface area contributed by atoms with Crippen molar-refractivity contribution in [2.45, 2.75) is 25.3 Å². The maximum absolute atomic E-state index is 12.9. The van der Waals surface area contributed by atoms with Gasteiger partial charge in [0.2, 0.25) is 11.8 Å². The van der Waals surface area contributed by atoms with E-state index in [0.717, 1.165) is 17.8 Å². The second kappa shape index (κ2) is 7.28. The van der Waals surface area contributed by atoms with Crippen molar-refractivity contribution in [1.29, 1.82) is 0 Å². The molecule has 0 unspecified atom stereocenters. The minimum Gasteiger partial charge on any atom is -0.343 e. The summed E-state index contributed by atoms with van der Waals surface area (Å²) >= 11 is 0. The Morgan fingerprint density at radius 1 is 1.15 bits per heavy atom. The molecule has 5 heteroatoms. The van der Waals surface area contributed by atoms with Gasteiger partial charge >= 0.3 is 0 Å². The van der Waals surface area contributed by atoms with Crippen LogP contribution in [-0.4, -0.2) is 34.8 Å². The number of amides is 2. The fourth-order valence-electron chi connectivity index (χ4n) is 3.52. The molecule has 2 aliphatic rings. The summed E-state index contributed by atoms with van der Waals surface area (Å²) < 4.78 is 0. The number of hydrogen-bond donors (Lipinski definition) is 1. The first-order valence-electron chi connectivity index (χ1n) is 9.24. The van der Waals surface area contributed by atoms with Crippen LogP contribution in [0.4, 0.5) is 0 Å². The predicted octanol–water partition coefficient (Wildman–Crippen LogP) is 2.55. The summed E-state index contributed by atoms with van der Waals surface area (Å²) in [5, 5.41) is 3.12. The van der Waals surface area contributed by atoms with Crippen molar-refractivity contribution in [3.05, 3.63) is 66.0 Å². The van der Waals surface area contributed by atoms with Gasteiger partial charge in [-0.15, -0.1) is 0 Å². The van der Waals surface area contributed by atoms with Crippen LogP contribution in [-0.2, 0) is 9.59 Å². The van der Waals surface area contributed by atoms with E-state index in [1.807, 2.05) is 53.4 Å². The smallest absolute Gasteiger partial charge is 0.226 e. The molecule has 1 aliphatic carbocycles. The third-order valence-corrected chi connectivity index (χ3v) is 5.16. The van der Waals surface area contributed by atoms with Gasteiger partial charge in [0.15, 0.2) is 0 Å². The van der Waals surface area contributed by atoms with Crippen molar-refractivity contribution in [3.63, 3.8) is 0 Å². The molecule has 2 amide bonds. The zero-order chi connectivity index (χ0) is 17.9. The Morgan fingerprint density at radius 2 is 1.92 bits per heavy atom. The van der Waals surface area contributed by atoms with E-state index in [-0.39, 0.29) is 23.8 Å². The quantitative estimate of drug-likeness (QED) is 0.872. The predicted molar refractivity (Wildman–Crippen MR) is 98.1 cm³/mol. The molecule has 1 aromatic carbocycles. The molecule has 2 atom stereocenters. The lowest BCUT2D eigenvalue weighted by atomic mass is 10.0. The zero-order valence-electron chi connectivity index (χ0n) is 14.7. The second-order valence-corrected chi connectivity index (χ2v) is 7.25. The Hall–Kier alpha value is -2.69. The van der Waals surface area contributed by atoms with E-state index in [1.165, 1.54) is 12.8 Å². The second-order valence-electron chi connectivity index (χ2n) is 7.25. The van der Waals surface area contributed by atoms with Crippen molar-refractivity contribution in [1.82, 2.24) is 15.2 Å². The molecular weight excluding hydrogens is 326 g/mol. The number of benzene rings is 1. The van der Waals surface area contributed by atoms with Gasteiger partial charge in [-0.3, -0.25) is 14.6 Å². The van der Waals surface area contributed by atoms with Crippen molar-refractivity contribution in [2.24, 2.45) is 11.8 Å². The highest BCUT2D eigenvalue weighted by atomic mass is 16.2. The minimum absolute atomic E-state index is 0.0730. The molecule has 2 heterocycles. The molecule has 134 valence electrons. The Bertz CT molecular complexity index is 735. The van der Waals surface area contributed by atoms with E-state index in [0.29, 0.717) is 18.9 Å². The summed E-state index contributed by atoms with van der Waals surface area (Å²) in [6.45, 7) is 1.34. The lowest BCUT2D eigenvalue weighted by Crippen LogP contribution is -2.36. The lowest BCUT2D eigenvalue weighted by Gasteiger charge is -2.21. The Balaban J connectivity index is 1.49. The molecule has 0 bridgehead atoms. The van der Waals surface area contributed by atoms with E-state index >= 15 is 0 Å². The van der Waals surface area contributed by atoms with E-state index in [2.05, 4.69) is 10.3 Å². The summed E-state index contributed by atoms with van der Waals surface area (Å²) in [6.07, 6.45) is 4.45. The van der Waals surface area contributed by atoms with Crippen molar-refractivity contribution in [2.75, 3.05) is 13.1 Å². The van der Waals surface area contributed by atoms with Gasteiger partial charge in [0.05, 0.1) is 17.7 Å². The molecule has 0 spiro atoms. The van der Waals surface area contributed by atoms with Crippen LogP contribution in [0.2, 0.25) is 0 Å². The van der Waals surface area contributed by atoms with Gasteiger partial charge in [0.1, 0.15) is 0 Å². The number of nitrogens with one attached hydrogen (secondary N) is 1. The largest absolute Gasteiger partial charge is 0.343 e. The molecule has 1 saturated carbocycles. The van der Waals surface area contributed by atoms with Gasteiger partial charge in [-0.05, 0) is 36.5 Å². The van der Waals surface area contributed by atoms with Crippen LogP contribution in [0, 0.1) is 11.8 Å². The molecule has 2 fully saturated rings. The van der Waals surface area contributed by atoms with Crippen molar-refractivity contribution >= 4 is 11.8 Å². The van der Waals surface area contributed by atoms with Gasteiger partial charge in [-0.1, -0.05) is 36.4 Å². The van der Waals surface area contributed by atoms with E-state index in [1.54, 1.807) is 6.20 Å². The van der Waals surface area contributed by atoms with Crippen LogP contribution in [0.5, 0.6) is 0 Å². The monoisotopic (exact) mass is 349 g/mol. The number of pyridine rings is 1. The van der Waals surface area contributed by atoms with E-state index < -0.39 is 0 Å². The highest BCUT2D eigenvalue weighted by molar-refractivity contribution is 5.89. The van der Waals surface area contributed by atoms with Crippen LogP contribution in [0.3, 0.4) is 0 Å². The van der Waals surface area contributed by atoms with E-state index in [9.17, 15) is 9.59 Å². The summed E-state index contributed by atoms with van der Waals surface area (Å²) in [7, 11) is 0. The highest BCUT2D eigenvalue weighted by Crippen LogP contribution is 2.32. The standard InChI is InChI=1S/C21H23N3O2/c25-19-12-17(14-24(19)13-15-9-10-15)21(26)23-20(16-6-2-1-3-7-16)18-8-4-5-11-22-18/h1-8,11,15,17,20H,9-10,12-14H2,(H,23,26)/t17-,20+/m1/s1. The number of carbonyl (C=O) groups excluding carboxylic acids is 2. The molecule has 1 aromatic heterocycles. The Kier molecular flexibility index (Phi) is 4.69. The summed E-state index contributed by atoms with van der Waals surface area (Å²) in [4.78, 5) is 31.4. The number of carbonyl (C=O) groups is 2. The summed E-state index contributed by atoms with van der Waals surface area (Å²) in [5.74, 6) is 0.393. The first-order chi connectivity index (χ1) is 12.7. The SMILES string of the molecule is O=C(N[C@@H](c1ccccc1)c1ccccn1)[C@@H]1CC(=O)N(CC2CC2)C1.